The monoisotopic (exact) mass is 522 g/mol. The van der Waals surface area contributed by atoms with Crippen LogP contribution in [0.1, 0.15) is 59.2 Å². The standard InChI is InChI=1S/C28H38N6O4/c1-7-37-24(35)23-20-22(33-34(23)15-11-14-29-26(36)38-27(2,3)4)21-18(16-28(20,5)6)17-30-25(32-21)31-19-12-9-8-10-13-19/h8-10,12-13,17,23,33H,7,11,14-16H2,1-6H3,(H,29,36)(H,30,31,32). The molecule has 10 nitrogen and oxygen atoms in total. The van der Waals surface area contributed by atoms with Crippen molar-refractivity contribution in [3.63, 3.8) is 0 Å². The zero-order chi connectivity index (χ0) is 27.5. The number of nitrogens with zero attached hydrogens (tertiary/aromatic N) is 3. The highest BCUT2D eigenvalue weighted by Crippen LogP contribution is 2.46. The number of aromatic nitrogens is 2. The molecule has 1 aromatic carbocycles. The number of carbonyl (C=O) groups excluding carboxylic acids is 2. The lowest BCUT2D eigenvalue weighted by atomic mass is 9.71. The fourth-order valence-electron chi connectivity index (χ4n) is 4.89. The molecule has 2 aliphatic rings. The average Bonchev–Trinajstić information content (AvgIpc) is 3.23. The quantitative estimate of drug-likeness (QED) is 0.347. The molecule has 0 bridgehead atoms. The molecule has 3 N–H and O–H groups in total. The Morgan fingerprint density at radius 1 is 1.21 bits per heavy atom. The van der Waals surface area contributed by atoms with Gasteiger partial charge in [0.25, 0.3) is 0 Å². The summed E-state index contributed by atoms with van der Waals surface area (Å²) in [6.07, 6.45) is 2.68. The van der Waals surface area contributed by atoms with Crippen molar-refractivity contribution in [1.29, 1.82) is 0 Å². The molecule has 38 heavy (non-hydrogen) atoms. The Kier molecular flexibility index (Phi) is 7.91. The Bertz CT molecular complexity index is 1210. The van der Waals surface area contributed by atoms with E-state index < -0.39 is 17.7 Å². The molecule has 1 atom stereocenters. The summed E-state index contributed by atoms with van der Waals surface area (Å²) in [6.45, 7) is 12.7. The molecule has 1 aliphatic carbocycles. The van der Waals surface area contributed by atoms with Crippen LogP contribution in [0.4, 0.5) is 16.4 Å². The zero-order valence-corrected chi connectivity index (χ0v) is 23.1. The first-order chi connectivity index (χ1) is 18.0. The number of hydrogen-bond donors (Lipinski definition) is 3. The van der Waals surface area contributed by atoms with Crippen LogP contribution in [-0.2, 0) is 20.7 Å². The fraction of sp³-hybridized carbons (Fsp3) is 0.500. The van der Waals surface area contributed by atoms with Crippen molar-refractivity contribution in [3.8, 4) is 0 Å². The van der Waals surface area contributed by atoms with E-state index in [9.17, 15) is 9.59 Å². The van der Waals surface area contributed by atoms with Gasteiger partial charge in [-0.3, -0.25) is 0 Å². The van der Waals surface area contributed by atoms with Crippen LogP contribution in [0.25, 0.3) is 5.70 Å². The molecule has 0 saturated heterocycles. The highest BCUT2D eigenvalue weighted by molar-refractivity contribution is 5.88. The van der Waals surface area contributed by atoms with Gasteiger partial charge in [0.05, 0.1) is 18.0 Å². The van der Waals surface area contributed by atoms with Crippen LogP contribution in [-0.4, -0.2) is 58.4 Å². The number of carbonyl (C=O) groups is 2. The van der Waals surface area contributed by atoms with E-state index in [4.69, 9.17) is 14.5 Å². The minimum absolute atomic E-state index is 0.288. The molecule has 204 valence electrons. The molecule has 2 heterocycles. The van der Waals surface area contributed by atoms with Gasteiger partial charge in [-0.25, -0.2) is 24.6 Å². The van der Waals surface area contributed by atoms with Gasteiger partial charge in [0, 0.05) is 25.0 Å². The number of para-hydroxylation sites is 1. The van der Waals surface area contributed by atoms with Crippen molar-refractivity contribution in [2.24, 2.45) is 5.41 Å². The summed E-state index contributed by atoms with van der Waals surface area (Å²) in [7, 11) is 0. The zero-order valence-electron chi connectivity index (χ0n) is 23.1. The Morgan fingerprint density at radius 3 is 2.63 bits per heavy atom. The van der Waals surface area contributed by atoms with Gasteiger partial charge in [0.2, 0.25) is 5.95 Å². The van der Waals surface area contributed by atoms with Crippen LogP contribution >= 0.6 is 0 Å². The van der Waals surface area contributed by atoms with Gasteiger partial charge in [-0.05, 0) is 69.2 Å². The summed E-state index contributed by atoms with van der Waals surface area (Å²) >= 11 is 0. The van der Waals surface area contributed by atoms with Crippen molar-refractivity contribution < 1.29 is 19.1 Å². The SMILES string of the molecule is CCOC(=O)C1C2=C(NN1CCCNC(=O)OC(C)(C)C)c1nc(Nc3ccccc3)ncc1CC2(C)C. The number of nitrogens with one attached hydrogen (secondary N) is 3. The van der Waals surface area contributed by atoms with Crippen LogP contribution in [0, 0.1) is 5.41 Å². The molecule has 0 saturated carbocycles. The Balaban J connectivity index is 1.57. The summed E-state index contributed by atoms with van der Waals surface area (Å²) in [4.78, 5) is 34.7. The number of amides is 1. The van der Waals surface area contributed by atoms with Crippen LogP contribution in [0.2, 0.25) is 0 Å². The maximum absolute atomic E-state index is 13.2. The molecule has 1 aliphatic heterocycles. The van der Waals surface area contributed by atoms with E-state index in [1.54, 1.807) is 6.92 Å². The van der Waals surface area contributed by atoms with Crippen LogP contribution < -0.4 is 16.1 Å². The summed E-state index contributed by atoms with van der Waals surface area (Å²) in [5, 5.41) is 7.93. The van der Waals surface area contributed by atoms with Gasteiger partial charge in [0.1, 0.15) is 5.60 Å². The number of ether oxygens (including phenoxy) is 2. The molecule has 1 amide bonds. The third kappa shape index (κ3) is 6.24. The van der Waals surface area contributed by atoms with Crippen molar-refractivity contribution in [2.45, 2.75) is 66.0 Å². The number of hydrogen-bond acceptors (Lipinski definition) is 9. The van der Waals surface area contributed by atoms with Crippen molar-refractivity contribution in [1.82, 2.24) is 25.7 Å². The summed E-state index contributed by atoms with van der Waals surface area (Å²) in [5.74, 6) is 0.175. The molecule has 1 unspecified atom stereocenters. The Morgan fingerprint density at radius 2 is 1.95 bits per heavy atom. The molecule has 10 heteroatoms. The van der Waals surface area contributed by atoms with E-state index in [1.807, 2.05) is 62.3 Å². The molecule has 4 rings (SSSR count). The predicted octanol–water partition coefficient (Wildman–Crippen LogP) is 4.18. The van der Waals surface area contributed by atoms with Gasteiger partial charge in [-0.2, -0.15) is 0 Å². The van der Waals surface area contributed by atoms with E-state index in [2.05, 4.69) is 34.9 Å². The number of fused-ring (bicyclic) bond motifs is 2. The highest BCUT2D eigenvalue weighted by Gasteiger charge is 2.48. The summed E-state index contributed by atoms with van der Waals surface area (Å²) in [5.41, 5.74) is 7.01. The average molecular weight is 523 g/mol. The number of alkyl carbamates (subject to hydrolysis) is 1. The van der Waals surface area contributed by atoms with Crippen molar-refractivity contribution in [2.75, 3.05) is 25.0 Å². The highest BCUT2D eigenvalue weighted by atomic mass is 16.6. The summed E-state index contributed by atoms with van der Waals surface area (Å²) < 4.78 is 10.8. The first-order valence-electron chi connectivity index (χ1n) is 13.1. The molecule has 0 fully saturated rings. The predicted molar refractivity (Wildman–Crippen MR) is 145 cm³/mol. The van der Waals surface area contributed by atoms with Gasteiger partial charge < -0.3 is 25.5 Å². The van der Waals surface area contributed by atoms with E-state index in [-0.39, 0.29) is 18.0 Å². The third-order valence-corrected chi connectivity index (χ3v) is 6.36. The van der Waals surface area contributed by atoms with Crippen molar-refractivity contribution in [3.05, 3.63) is 53.4 Å². The second kappa shape index (κ2) is 11.0. The second-order valence-corrected chi connectivity index (χ2v) is 11.1. The lowest BCUT2D eigenvalue weighted by molar-refractivity contribution is -0.148. The first-order valence-corrected chi connectivity index (χ1v) is 13.1. The largest absolute Gasteiger partial charge is 0.465 e. The number of benzene rings is 1. The second-order valence-electron chi connectivity index (χ2n) is 11.1. The van der Waals surface area contributed by atoms with Crippen LogP contribution in [0.3, 0.4) is 0 Å². The lowest BCUT2D eigenvalue weighted by Crippen LogP contribution is -2.47. The minimum atomic E-state index is -0.602. The smallest absolute Gasteiger partial charge is 0.407 e. The number of esters is 1. The number of anilines is 2. The molecule has 1 aromatic heterocycles. The van der Waals surface area contributed by atoms with Crippen LogP contribution in [0.15, 0.2) is 42.1 Å². The van der Waals surface area contributed by atoms with Gasteiger partial charge in [0.15, 0.2) is 6.04 Å². The van der Waals surface area contributed by atoms with Gasteiger partial charge in [-0.1, -0.05) is 32.0 Å². The van der Waals surface area contributed by atoms with E-state index >= 15 is 0 Å². The Labute approximate surface area is 224 Å². The third-order valence-electron chi connectivity index (χ3n) is 6.36. The molecule has 0 spiro atoms. The molecule has 0 radical (unpaired) electrons. The topological polar surface area (TPSA) is 118 Å². The molecular weight excluding hydrogens is 484 g/mol. The lowest BCUT2D eigenvalue weighted by Gasteiger charge is -2.34. The van der Waals surface area contributed by atoms with E-state index in [0.29, 0.717) is 31.9 Å². The van der Waals surface area contributed by atoms with Gasteiger partial charge >= 0.3 is 12.1 Å². The van der Waals surface area contributed by atoms with E-state index in [0.717, 1.165) is 28.2 Å². The van der Waals surface area contributed by atoms with Crippen LogP contribution in [0.5, 0.6) is 0 Å². The normalized spacial score (nSPS) is 18.2. The molecular formula is C28H38N6O4. The van der Waals surface area contributed by atoms with Crippen molar-refractivity contribution >= 4 is 29.4 Å². The Hall–Kier alpha value is -3.66. The van der Waals surface area contributed by atoms with E-state index in [1.165, 1.54) is 0 Å². The summed E-state index contributed by atoms with van der Waals surface area (Å²) in [6, 6.07) is 9.15. The van der Waals surface area contributed by atoms with Gasteiger partial charge in [-0.15, -0.1) is 0 Å². The molecule has 2 aromatic rings. The number of hydrazine groups is 1. The first kappa shape index (κ1) is 27.4. The fourth-order valence-corrected chi connectivity index (χ4v) is 4.89. The maximum atomic E-state index is 13.2. The minimum Gasteiger partial charge on any atom is -0.465 e. The maximum Gasteiger partial charge on any atom is 0.407 e. The number of rotatable bonds is 8.